The van der Waals surface area contributed by atoms with Crippen molar-refractivity contribution in [2.24, 2.45) is 0 Å². The number of hydrogen-bond donors (Lipinski definition) is 1. The average molecular weight is 482 g/mol. The first-order valence-electron chi connectivity index (χ1n) is 9.58. The van der Waals surface area contributed by atoms with Crippen LogP contribution in [0.4, 0.5) is 13.2 Å². The molecular weight excluding hydrogens is 465 g/mol. The Bertz CT molecular complexity index is 1260. The van der Waals surface area contributed by atoms with Gasteiger partial charge in [-0.1, -0.05) is 0 Å². The van der Waals surface area contributed by atoms with Gasteiger partial charge in [-0.25, -0.2) is 4.39 Å². The minimum absolute atomic E-state index is 0.00973. The van der Waals surface area contributed by atoms with Crippen LogP contribution < -0.4 is 4.74 Å². The number of alkyl halides is 2. The molecule has 0 unspecified atom stereocenters. The van der Waals surface area contributed by atoms with Crippen LogP contribution in [0.15, 0.2) is 53.7 Å². The molecule has 9 nitrogen and oxygen atoms in total. The van der Waals surface area contributed by atoms with Gasteiger partial charge < -0.3 is 14.7 Å². The molecule has 2 aromatic heterocycles. The molecule has 3 heterocycles. The molecule has 0 saturated carbocycles. The van der Waals surface area contributed by atoms with Crippen LogP contribution in [-0.4, -0.2) is 51.7 Å². The number of amides is 1. The summed E-state index contributed by atoms with van der Waals surface area (Å²) in [5.41, 5.74) is 0.604. The molecule has 1 N–H and O–H groups in total. The van der Waals surface area contributed by atoms with Gasteiger partial charge in [-0.15, -0.1) is 0 Å². The van der Waals surface area contributed by atoms with Crippen LogP contribution in [-0.2, 0) is 27.9 Å². The van der Waals surface area contributed by atoms with Crippen LogP contribution in [0.25, 0.3) is 0 Å². The third-order valence-electron chi connectivity index (χ3n) is 5.06. The maximum atomic E-state index is 14.0. The van der Waals surface area contributed by atoms with E-state index in [0.717, 1.165) is 34.4 Å². The summed E-state index contributed by atoms with van der Waals surface area (Å²) in [7, 11) is -4.11. The van der Waals surface area contributed by atoms with Crippen molar-refractivity contribution in [3.05, 3.63) is 71.6 Å². The summed E-state index contributed by atoms with van der Waals surface area (Å²) in [6.07, 6.45) is 2.56. The molecule has 174 valence electrons. The summed E-state index contributed by atoms with van der Waals surface area (Å²) >= 11 is 0. The van der Waals surface area contributed by atoms with E-state index in [2.05, 4.69) is 14.8 Å². The van der Waals surface area contributed by atoms with E-state index in [4.69, 9.17) is 0 Å². The molecule has 0 spiro atoms. The van der Waals surface area contributed by atoms with Crippen molar-refractivity contribution in [2.75, 3.05) is 6.61 Å². The molecule has 13 heteroatoms. The van der Waals surface area contributed by atoms with E-state index in [-0.39, 0.29) is 29.4 Å². The van der Waals surface area contributed by atoms with E-state index < -0.39 is 40.9 Å². The van der Waals surface area contributed by atoms with E-state index >= 15 is 0 Å². The topological polar surface area (TPSA) is 115 Å². The predicted octanol–water partition coefficient (Wildman–Crippen LogP) is 1.87. The number of carbonyl (C=O) groups is 1. The molecule has 1 aliphatic heterocycles. The summed E-state index contributed by atoms with van der Waals surface area (Å²) in [5.74, 6) is -2.69. The minimum Gasteiger partial charge on any atom is -0.435 e. The molecule has 4 rings (SSSR count). The number of pyridine rings is 1. The van der Waals surface area contributed by atoms with Gasteiger partial charge in [0.25, 0.3) is 10.0 Å². The highest BCUT2D eigenvalue weighted by Crippen LogP contribution is 2.28. The number of fused-ring (bicyclic) bond motifs is 1. The zero-order valence-electron chi connectivity index (χ0n) is 16.8. The number of ether oxygens (including phenoxy) is 1. The van der Waals surface area contributed by atoms with Crippen LogP contribution in [0.5, 0.6) is 5.75 Å². The Morgan fingerprint density at radius 2 is 1.91 bits per heavy atom. The van der Waals surface area contributed by atoms with Crippen molar-refractivity contribution in [2.45, 2.75) is 30.5 Å². The summed E-state index contributed by atoms with van der Waals surface area (Å²) < 4.78 is 69.2. The fourth-order valence-corrected chi connectivity index (χ4v) is 4.63. The van der Waals surface area contributed by atoms with E-state index in [1.807, 2.05) is 0 Å². The Hall–Kier alpha value is -3.45. The van der Waals surface area contributed by atoms with Crippen LogP contribution in [0.3, 0.4) is 0 Å². The molecule has 33 heavy (non-hydrogen) atoms. The van der Waals surface area contributed by atoms with Crippen molar-refractivity contribution < 1.29 is 36.2 Å². The first kappa shape index (κ1) is 22.7. The highest BCUT2D eigenvalue weighted by atomic mass is 32.2. The lowest BCUT2D eigenvalue weighted by Crippen LogP contribution is -2.34. The zero-order chi connectivity index (χ0) is 23.8. The van der Waals surface area contributed by atoms with Gasteiger partial charge >= 0.3 is 6.61 Å². The second-order valence-corrected chi connectivity index (χ2v) is 8.92. The van der Waals surface area contributed by atoms with Gasteiger partial charge in [-0.2, -0.15) is 26.4 Å². The maximum absolute atomic E-state index is 14.0. The van der Waals surface area contributed by atoms with E-state index in [0.29, 0.717) is 11.3 Å². The van der Waals surface area contributed by atoms with Gasteiger partial charge in [0.2, 0.25) is 5.91 Å². The molecule has 1 aromatic carbocycles. The molecular formula is C20H17F3N4O5S. The first-order chi connectivity index (χ1) is 15.7. The Balaban J connectivity index is 1.51. The molecule has 0 saturated heterocycles. The summed E-state index contributed by atoms with van der Waals surface area (Å²) in [5, 5.41) is 13.7. The lowest BCUT2D eigenvalue weighted by molar-refractivity contribution is -0.134. The first-order valence-corrected chi connectivity index (χ1v) is 11.0. The minimum atomic E-state index is -4.11. The van der Waals surface area contributed by atoms with Gasteiger partial charge in [0.15, 0.2) is 0 Å². The fourth-order valence-electron chi connectivity index (χ4n) is 3.46. The number of benzene rings is 1. The molecule has 0 fully saturated rings. The molecule has 3 aromatic rings. The van der Waals surface area contributed by atoms with Gasteiger partial charge in [-0.05, 0) is 36.4 Å². The van der Waals surface area contributed by atoms with Crippen LogP contribution in [0.2, 0.25) is 0 Å². The van der Waals surface area contributed by atoms with Crippen molar-refractivity contribution in [3.8, 4) is 5.75 Å². The largest absolute Gasteiger partial charge is 0.435 e. The van der Waals surface area contributed by atoms with E-state index in [1.165, 1.54) is 23.4 Å². The number of aliphatic hydroxyl groups is 1. The zero-order valence-corrected chi connectivity index (χ0v) is 17.6. The average Bonchev–Trinajstić information content (AvgIpc) is 3.35. The van der Waals surface area contributed by atoms with Crippen LogP contribution >= 0.6 is 0 Å². The molecule has 0 bridgehead atoms. The van der Waals surface area contributed by atoms with Crippen molar-refractivity contribution in [1.29, 1.82) is 0 Å². The second kappa shape index (κ2) is 8.83. The van der Waals surface area contributed by atoms with E-state index in [1.54, 1.807) is 0 Å². The summed E-state index contributed by atoms with van der Waals surface area (Å²) in [6.45, 7) is -3.72. The van der Waals surface area contributed by atoms with Gasteiger partial charge in [0.1, 0.15) is 17.5 Å². The highest BCUT2D eigenvalue weighted by Gasteiger charge is 2.34. The quantitative estimate of drug-likeness (QED) is 0.547. The predicted molar refractivity (Wildman–Crippen MR) is 106 cm³/mol. The van der Waals surface area contributed by atoms with Crippen molar-refractivity contribution >= 4 is 15.9 Å². The number of rotatable bonds is 7. The fraction of sp³-hybridized carbons (Fsp3) is 0.250. The number of nitrogens with zero attached hydrogens (tertiary/aromatic N) is 4. The van der Waals surface area contributed by atoms with E-state index in [9.17, 15) is 31.5 Å². The molecule has 0 radical (unpaired) electrons. The SMILES string of the molecule is O=C([C@@H](CO)c1ncccc1F)N1Cc2cn(S(=O)(=O)c3ccc(OC(F)F)cc3)nc2C1. The molecule has 1 aliphatic rings. The third-order valence-corrected chi connectivity index (χ3v) is 6.61. The lowest BCUT2D eigenvalue weighted by Gasteiger charge is -2.21. The van der Waals surface area contributed by atoms with Gasteiger partial charge in [-0.3, -0.25) is 9.78 Å². The monoisotopic (exact) mass is 482 g/mol. The number of aliphatic hydroxyl groups excluding tert-OH is 1. The van der Waals surface area contributed by atoms with Crippen LogP contribution in [0, 0.1) is 5.82 Å². The number of aromatic nitrogens is 3. The smallest absolute Gasteiger partial charge is 0.387 e. The third kappa shape index (κ3) is 4.41. The summed E-state index contributed by atoms with van der Waals surface area (Å²) in [6, 6.07) is 6.93. The van der Waals surface area contributed by atoms with Gasteiger partial charge in [0.05, 0.1) is 29.4 Å². The lowest BCUT2D eigenvalue weighted by atomic mass is 10.0. The second-order valence-electron chi connectivity index (χ2n) is 7.13. The number of carbonyl (C=O) groups excluding carboxylic acids is 1. The Kier molecular flexibility index (Phi) is 6.08. The Labute approximate surface area is 186 Å². The van der Waals surface area contributed by atoms with Gasteiger partial charge in [0, 0.05) is 24.5 Å². The normalized spacial score (nSPS) is 14.4. The standard InChI is InChI=1S/C20H17F3N4O5S/c21-16-2-1-7-24-18(16)15(11-28)19(29)26-8-12-9-27(25-17(12)10-26)33(30,31)14-5-3-13(4-6-14)32-20(22)23/h1-7,9,15,20,28H,8,10-11H2/t15-/m0/s1. The number of halogens is 3. The van der Waals surface area contributed by atoms with Crippen LogP contribution in [0.1, 0.15) is 22.9 Å². The van der Waals surface area contributed by atoms with Crippen molar-refractivity contribution in [1.82, 2.24) is 19.1 Å². The Morgan fingerprint density at radius 3 is 2.52 bits per heavy atom. The van der Waals surface area contributed by atoms with Crippen molar-refractivity contribution in [3.63, 3.8) is 0 Å². The summed E-state index contributed by atoms with van der Waals surface area (Å²) in [4.78, 5) is 17.8. The molecule has 1 amide bonds. The Morgan fingerprint density at radius 1 is 1.18 bits per heavy atom. The molecule has 0 aliphatic carbocycles. The maximum Gasteiger partial charge on any atom is 0.387 e. The number of hydrogen-bond acceptors (Lipinski definition) is 7. The molecule has 1 atom stereocenters. The highest BCUT2D eigenvalue weighted by molar-refractivity contribution is 7.89.